The molecule has 1 saturated heterocycles. The van der Waals surface area contributed by atoms with E-state index in [0.717, 1.165) is 36.0 Å². The molecule has 0 saturated carbocycles. The molecular weight excluding hydrogens is 438 g/mol. The summed E-state index contributed by atoms with van der Waals surface area (Å²) in [5.41, 5.74) is 3.37. The van der Waals surface area contributed by atoms with Gasteiger partial charge in [0.05, 0.1) is 11.7 Å². The normalized spacial score (nSPS) is 18.9. The van der Waals surface area contributed by atoms with E-state index >= 15 is 0 Å². The highest BCUT2D eigenvalue weighted by Gasteiger charge is 2.30. The molecule has 2 heterocycles. The van der Waals surface area contributed by atoms with Gasteiger partial charge in [0.25, 0.3) is 5.91 Å². The maximum absolute atomic E-state index is 13.0. The molecule has 4 rings (SSSR count). The molecule has 35 heavy (non-hydrogen) atoms. The van der Waals surface area contributed by atoms with Crippen molar-refractivity contribution in [2.24, 2.45) is 0 Å². The van der Waals surface area contributed by atoms with Crippen LogP contribution in [0.15, 0.2) is 73.1 Å². The number of aliphatic hydroxyl groups excluding tert-OH is 1. The van der Waals surface area contributed by atoms with Gasteiger partial charge in [-0.15, -0.1) is 0 Å². The number of nitrogens with zero attached hydrogens (tertiary/aromatic N) is 2. The molecule has 0 unspecified atom stereocenters. The van der Waals surface area contributed by atoms with E-state index < -0.39 is 11.7 Å². The number of aliphatic hydroxyl groups is 2. The van der Waals surface area contributed by atoms with Crippen molar-refractivity contribution in [2.45, 2.75) is 63.4 Å². The van der Waals surface area contributed by atoms with Crippen LogP contribution < -0.4 is 5.32 Å². The first-order valence-electron chi connectivity index (χ1n) is 12.2. The second-order valence-electron chi connectivity index (χ2n) is 10.1. The van der Waals surface area contributed by atoms with Gasteiger partial charge in [-0.25, -0.2) is 0 Å². The second kappa shape index (κ2) is 10.7. The average Bonchev–Trinajstić information content (AvgIpc) is 3.32. The first-order valence-corrected chi connectivity index (χ1v) is 12.2. The monoisotopic (exact) mass is 473 g/mol. The van der Waals surface area contributed by atoms with E-state index in [2.05, 4.69) is 10.3 Å². The van der Waals surface area contributed by atoms with E-state index in [9.17, 15) is 15.0 Å². The van der Waals surface area contributed by atoms with Gasteiger partial charge < -0.3 is 20.4 Å². The highest BCUT2D eigenvalue weighted by atomic mass is 16.3. The zero-order valence-corrected chi connectivity index (χ0v) is 20.7. The Morgan fingerprint density at radius 3 is 2.49 bits per heavy atom. The SMILES string of the molecule is CN(Cc1cncc(C(C)(C)O)c1)C(=O)c1ccc(C[C@@H]2CC[C@H]([C@H](O)c3ccccc3)N2)cc1. The van der Waals surface area contributed by atoms with Gasteiger partial charge in [0.1, 0.15) is 0 Å². The van der Waals surface area contributed by atoms with Crippen molar-refractivity contribution in [1.82, 2.24) is 15.2 Å². The Morgan fingerprint density at radius 2 is 1.80 bits per heavy atom. The van der Waals surface area contributed by atoms with Crippen molar-refractivity contribution in [3.05, 3.63) is 101 Å². The summed E-state index contributed by atoms with van der Waals surface area (Å²) in [5, 5.41) is 24.5. The summed E-state index contributed by atoms with van der Waals surface area (Å²) in [7, 11) is 1.77. The number of benzene rings is 2. The zero-order valence-electron chi connectivity index (χ0n) is 20.7. The van der Waals surface area contributed by atoms with E-state index in [1.54, 1.807) is 38.2 Å². The summed E-state index contributed by atoms with van der Waals surface area (Å²) in [6, 6.07) is 19.8. The minimum absolute atomic E-state index is 0.0568. The predicted molar refractivity (Wildman–Crippen MR) is 137 cm³/mol. The fourth-order valence-corrected chi connectivity index (χ4v) is 4.69. The number of pyridine rings is 1. The Balaban J connectivity index is 1.32. The van der Waals surface area contributed by atoms with Crippen LogP contribution in [0.3, 0.4) is 0 Å². The maximum atomic E-state index is 13.0. The van der Waals surface area contributed by atoms with Crippen LogP contribution >= 0.6 is 0 Å². The summed E-state index contributed by atoms with van der Waals surface area (Å²) in [4.78, 5) is 18.8. The molecule has 1 aliphatic heterocycles. The minimum Gasteiger partial charge on any atom is -0.387 e. The molecule has 0 aliphatic carbocycles. The van der Waals surface area contributed by atoms with Crippen molar-refractivity contribution in [3.63, 3.8) is 0 Å². The van der Waals surface area contributed by atoms with Gasteiger partial charge in [0.2, 0.25) is 0 Å². The third-order valence-electron chi connectivity index (χ3n) is 6.75. The molecule has 0 radical (unpaired) electrons. The van der Waals surface area contributed by atoms with Crippen LogP contribution in [-0.2, 0) is 18.6 Å². The molecule has 1 amide bonds. The molecule has 3 aromatic rings. The number of aromatic nitrogens is 1. The van der Waals surface area contributed by atoms with E-state index in [1.807, 2.05) is 60.7 Å². The van der Waals surface area contributed by atoms with E-state index in [1.165, 1.54) is 5.56 Å². The fraction of sp³-hybridized carbons (Fsp3) is 0.379. The van der Waals surface area contributed by atoms with Crippen molar-refractivity contribution in [3.8, 4) is 0 Å². The van der Waals surface area contributed by atoms with Crippen molar-refractivity contribution >= 4 is 5.91 Å². The largest absolute Gasteiger partial charge is 0.387 e. The number of nitrogens with one attached hydrogen (secondary N) is 1. The van der Waals surface area contributed by atoms with Crippen LogP contribution in [0, 0.1) is 0 Å². The number of carbonyl (C=O) groups excluding carboxylic acids is 1. The van der Waals surface area contributed by atoms with Crippen LogP contribution in [0.25, 0.3) is 0 Å². The third kappa shape index (κ3) is 6.34. The first-order chi connectivity index (χ1) is 16.7. The molecule has 0 spiro atoms. The van der Waals surface area contributed by atoms with Crippen LogP contribution in [0.1, 0.15) is 65.4 Å². The molecular formula is C29H35N3O3. The Labute approximate surface area is 207 Å². The number of hydrogen-bond donors (Lipinski definition) is 3. The lowest BCUT2D eigenvalue weighted by Crippen LogP contribution is -2.35. The standard InChI is InChI=1S/C29H35N3O3/c1-29(2,35)24-15-21(17-30-18-24)19-32(3)28(34)23-11-9-20(10-12-23)16-25-13-14-26(31-25)27(33)22-7-5-4-6-8-22/h4-12,15,17-18,25-27,31,33,35H,13-14,16,19H2,1-3H3/t25-,26+,27+/m0/s1. The molecule has 2 aromatic carbocycles. The third-order valence-corrected chi connectivity index (χ3v) is 6.75. The predicted octanol–water partition coefficient (Wildman–Crippen LogP) is 3.98. The van der Waals surface area contributed by atoms with E-state index in [4.69, 9.17) is 0 Å². The van der Waals surface area contributed by atoms with Gasteiger partial charge >= 0.3 is 0 Å². The minimum atomic E-state index is -0.977. The summed E-state index contributed by atoms with van der Waals surface area (Å²) >= 11 is 0. The molecule has 6 nitrogen and oxygen atoms in total. The van der Waals surface area contributed by atoms with Gasteiger partial charge in [-0.1, -0.05) is 42.5 Å². The Bertz CT molecular complexity index is 1130. The second-order valence-corrected chi connectivity index (χ2v) is 10.1. The van der Waals surface area contributed by atoms with Crippen LogP contribution in [0.5, 0.6) is 0 Å². The lowest BCUT2D eigenvalue weighted by atomic mass is 9.99. The smallest absolute Gasteiger partial charge is 0.253 e. The highest BCUT2D eigenvalue weighted by molar-refractivity contribution is 5.94. The molecule has 3 atom stereocenters. The summed E-state index contributed by atoms with van der Waals surface area (Å²) in [6.07, 6.45) is 5.67. The first kappa shape index (κ1) is 25.0. The zero-order chi connectivity index (χ0) is 25.0. The summed E-state index contributed by atoms with van der Waals surface area (Å²) < 4.78 is 0. The molecule has 0 bridgehead atoms. The molecule has 184 valence electrons. The van der Waals surface area contributed by atoms with Crippen molar-refractivity contribution in [1.29, 1.82) is 0 Å². The molecule has 1 aliphatic rings. The molecule has 1 fully saturated rings. The number of amides is 1. The number of carbonyl (C=O) groups is 1. The van der Waals surface area contributed by atoms with Crippen molar-refractivity contribution in [2.75, 3.05) is 7.05 Å². The Hall–Kier alpha value is -3.06. The molecule has 1 aromatic heterocycles. The maximum Gasteiger partial charge on any atom is 0.253 e. The average molecular weight is 474 g/mol. The van der Waals surface area contributed by atoms with Crippen LogP contribution in [-0.4, -0.2) is 45.1 Å². The van der Waals surface area contributed by atoms with Crippen LogP contribution in [0.2, 0.25) is 0 Å². The van der Waals surface area contributed by atoms with Crippen LogP contribution in [0.4, 0.5) is 0 Å². The fourth-order valence-electron chi connectivity index (χ4n) is 4.69. The van der Waals surface area contributed by atoms with E-state index in [-0.39, 0.29) is 11.9 Å². The van der Waals surface area contributed by atoms with Gasteiger partial charge in [0, 0.05) is 49.2 Å². The Kier molecular flexibility index (Phi) is 7.65. The lowest BCUT2D eigenvalue weighted by Gasteiger charge is -2.21. The van der Waals surface area contributed by atoms with Gasteiger partial charge in [-0.3, -0.25) is 9.78 Å². The highest BCUT2D eigenvalue weighted by Crippen LogP contribution is 2.27. The topological polar surface area (TPSA) is 85.7 Å². The Morgan fingerprint density at radius 1 is 1.09 bits per heavy atom. The quantitative estimate of drug-likeness (QED) is 0.461. The van der Waals surface area contributed by atoms with Crippen molar-refractivity contribution < 1.29 is 15.0 Å². The number of rotatable bonds is 8. The summed E-state index contributed by atoms with van der Waals surface area (Å²) in [6.45, 7) is 3.85. The van der Waals surface area contributed by atoms with Gasteiger partial charge in [0.15, 0.2) is 0 Å². The molecule has 6 heteroatoms. The number of hydrogen-bond acceptors (Lipinski definition) is 5. The lowest BCUT2D eigenvalue weighted by molar-refractivity contribution is 0.0774. The van der Waals surface area contributed by atoms with Gasteiger partial charge in [-0.2, -0.15) is 0 Å². The van der Waals surface area contributed by atoms with E-state index in [0.29, 0.717) is 18.2 Å². The summed E-state index contributed by atoms with van der Waals surface area (Å²) in [5.74, 6) is -0.0600. The molecule has 3 N–H and O–H groups in total. The van der Waals surface area contributed by atoms with Gasteiger partial charge in [-0.05, 0) is 68.0 Å².